The first-order chi connectivity index (χ1) is 13.5. The maximum absolute atomic E-state index is 11.7. The van der Waals surface area contributed by atoms with Crippen LogP contribution in [0.2, 0.25) is 0 Å². The van der Waals surface area contributed by atoms with Gasteiger partial charge in [-0.05, 0) is 42.2 Å². The van der Waals surface area contributed by atoms with E-state index >= 15 is 0 Å². The lowest BCUT2D eigenvalue weighted by atomic mass is 9.74. The molecule has 0 aliphatic carbocycles. The molecular formula is C22H25N3O3. The summed E-state index contributed by atoms with van der Waals surface area (Å²) in [5.41, 5.74) is 5.95. The van der Waals surface area contributed by atoms with Crippen molar-refractivity contribution in [3.05, 3.63) is 65.2 Å². The molecule has 1 saturated heterocycles. The number of para-hydroxylation sites is 1. The highest BCUT2D eigenvalue weighted by atomic mass is 16.5. The molecule has 2 heterocycles. The zero-order valence-electron chi connectivity index (χ0n) is 16.0. The van der Waals surface area contributed by atoms with E-state index in [0.717, 1.165) is 44.6 Å². The first-order valence-electron chi connectivity index (χ1n) is 9.66. The number of nitrogens with zero attached hydrogens (tertiary/aromatic N) is 2. The monoisotopic (exact) mass is 379 g/mol. The third-order valence-electron chi connectivity index (χ3n) is 6.17. The van der Waals surface area contributed by atoms with Gasteiger partial charge >= 0.3 is 0 Å². The predicted octanol–water partition coefficient (Wildman–Crippen LogP) is 2.71. The van der Waals surface area contributed by atoms with Gasteiger partial charge in [0.15, 0.2) is 0 Å². The van der Waals surface area contributed by atoms with E-state index in [4.69, 9.17) is 5.21 Å². The van der Waals surface area contributed by atoms with E-state index in [1.807, 2.05) is 17.0 Å². The summed E-state index contributed by atoms with van der Waals surface area (Å²) in [5, 5.41) is 8.76. The molecular weight excluding hydrogens is 354 g/mol. The van der Waals surface area contributed by atoms with Gasteiger partial charge in [0.25, 0.3) is 5.91 Å². The number of anilines is 1. The van der Waals surface area contributed by atoms with E-state index in [-0.39, 0.29) is 11.3 Å². The Morgan fingerprint density at radius 2 is 1.75 bits per heavy atom. The molecule has 6 heteroatoms. The lowest BCUT2D eigenvalue weighted by Crippen LogP contribution is -2.46. The van der Waals surface area contributed by atoms with Crippen molar-refractivity contribution in [2.75, 3.05) is 24.5 Å². The van der Waals surface area contributed by atoms with Gasteiger partial charge in [0.2, 0.25) is 5.91 Å². The first-order valence-corrected chi connectivity index (χ1v) is 9.66. The zero-order chi connectivity index (χ0) is 19.7. The number of carbonyl (C=O) groups excluding carboxylic acids is 2. The number of likely N-dealkylation sites (tertiary alicyclic amines) is 1. The topological polar surface area (TPSA) is 72.9 Å². The maximum Gasteiger partial charge on any atom is 0.274 e. The minimum absolute atomic E-state index is 0.0965. The van der Waals surface area contributed by atoms with Gasteiger partial charge in [0, 0.05) is 49.8 Å². The highest BCUT2D eigenvalue weighted by molar-refractivity contribution is 5.93. The molecule has 146 valence electrons. The van der Waals surface area contributed by atoms with Crippen molar-refractivity contribution >= 4 is 17.5 Å². The Balaban J connectivity index is 1.55. The van der Waals surface area contributed by atoms with Gasteiger partial charge in [0.1, 0.15) is 0 Å². The van der Waals surface area contributed by atoms with Crippen LogP contribution in [0.4, 0.5) is 5.69 Å². The number of amides is 2. The van der Waals surface area contributed by atoms with Crippen molar-refractivity contribution in [2.24, 2.45) is 0 Å². The van der Waals surface area contributed by atoms with Gasteiger partial charge < -0.3 is 9.80 Å². The molecule has 2 aliphatic rings. The highest BCUT2D eigenvalue weighted by Gasteiger charge is 2.44. The number of carbonyl (C=O) groups is 2. The molecule has 0 atom stereocenters. The van der Waals surface area contributed by atoms with Crippen LogP contribution in [0, 0.1) is 0 Å². The normalized spacial score (nSPS) is 17.5. The molecule has 1 spiro atoms. The van der Waals surface area contributed by atoms with Crippen LogP contribution in [-0.2, 0) is 16.8 Å². The summed E-state index contributed by atoms with van der Waals surface area (Å²) in [6.07, 6.45) is 1.96. The fraction of sp³-hybridized carbons (Fsp3) is 0.364. The van der Waals surface area contributed by atoms with Gasteiger partial charge in [-0.25, -0.2) is 5.48 Å². The Hall–Kier alpha value is -2.86. The van der Waals surface area contributed by atoms with Crippen molar-refractivity contribution in [3.8, 4) is 0 Å². The summed E-state index contributed by atoms with van der Waals surface area (Å²) in [6, 6.07) is 15.9. The van der Waals surface area contributed by atoms with E-state index in [9.17, 15) is 9.59 Å². The molecule has 1 fully saturated rings. The molecule has 2 aromatic carbocycles. The molecule has 28 heavy (non-hydrogen) atoms. The smallest absolute Gasteiger partial charge is 0.274 e. The van der Waals surface area contributed by atoms with E-state index < -0.39 is 5.91 Å². The summed E-state index contributed by atoms with van der Waals surface area (Å²) < 4.78 is 0. The standard InChI is InChI=1S/C22H25N3O3/c1-16(26)24-12-10-22(11-13-24)15-25(20-5-3-2-4-19(20)22)14-17-6-8-18(9-7-17)21(27)23-28/h2-9,28H,10-15H2,1H3,(H,23,27). The molecule has 0 aromatic heterocycles. The number of hydrogen-bond acceptors (Lipinski definition) is 4. The maximum atomic E-state index is 11.7. The number of fused-ring (bicyclic) bond motifs is 2. The number of benzene rings is 2. The van der Waals surface area contributed by atoms with Gasteiger partial charge in [0.05, 0.1) is 0 Å². The number of nitrogens with one attached hydrogen (secondary N) is 1. The zero-order valence-corrected chi connectivity index (χ0v) is 16.0. The van der Waals surface area contributed by atoms with Crippen LogP contribution < -0.4 is 10.4 Å². The predicted molar refractivity (Wildman–Crippen MR) is 106 cm³/mol. The molecule has 2 aliphatic heterocycles. The summed E-state index contributed by atoms with van der Waals surface area (Å²) in [5.74, 6) is -0.348. The van der Waals surface area contributed by atoms with Crippen molar-refractivity contribution < 1.29 is 14.8 Å². The van der Waals surface area contributed by atoms with E-state index in [0.29, 0.717) is 5.56 Å². The number of hydrogen-bond donors (Lipinski definition) is 2. The Kier molecular flexibility index (Phi) is 4.81. The highest BCUT2D eigenvalue weighted by Crippen LogP contribution is 2.47. The average molecular weight is 379 g/mol. The van der Waals surface area contributed by atoms with Crippen LogP contribution in [-0.4, -0.2) is 41.6 Å². The van der Waals surface area contributed by atoms with E-state index in [2.05, 4.69) is 29.2 Å². The minimum atomic E-state index is -0.505. The van der Waals surface area contributed by atoms with Crippen LogP contribution in [0.15, 0.2) is 48.5 Å². The van der Waals surface area contributed by atoms with Crippen molar-refractivity contribution in [3.63, 3.8) is 0 Å². The summed E-state index contributed by atoms with van der Waals surface area (Å²) >= 11 is 0. The average Bonchev–Trinajstić information content (AvgIpc) is 3.01. The molecule has 4 rings (SSSR count). The number of rotatable bonds is 3. The van der Waals surface area contributed by atoms with Crippen LogP contribution in [0.1, 0.15) is 41.3 Å². The second-order valence-electron chi connectivity index (χ2n) is 7.80. The van der Waals surface area contributed by atoms with Crippen molar-refractivity contribution in [1.82, 2.24) is 10.4 Å². The fourth-order valence-electron chi connectivity index (χ4n) is 4.60. The molecule has 0 bridgehead atoms. The lowest BCUT2D eigenvalue weighted by Gasteiger charge is -2.39. The largest absolute Gasteiger partial charge is 0.366 e. The Morgan fingerprint density at radius 1 is 1.07 bits per heavy atom. The van der Waals surface area contributed by atoms with Gasteiger partial charge in [-0.15, -0.1) is 0 Å². The third-order valence-corrected chi connectivity index (χ3v) is 6.17. The Bertz CT molecular complexity index is 886. The lowest BCUT2D eigenvalue weighted by molar-refractivity contribution is -0.130. The van der Waals surface area contributed by atoms with Crippen molar-refractivity contribution in [1.29, 1.82) is 0 Å². The van der Waals surface area contributed by atoms with Crippen molar-refractivity contribution in [2.45, 2.75) is 31.7 Å². The summed E-state index contributed by atoms with van der Waals surface area (Å²) in [7, 11) is 0. The molecule has 0 radical (unpaired) electrons. The second kappa shape index (κ2) is 7.28. The van der Waals surface area contributed by atoms with Crippen LogP contribution in [0.3, 0.4) is 0 Å². The molecule has 2 amide bonds. The minimum Gasteiger partial charge on any atom is -0.366 e. The van der Waals surface area contributed by atoms with Crippen LogP contribution in [0.25, 0.3) is 0 Å². The van der Waals surface area contributed by atoms with Crippen LogP contribution >= 0.6 is 0 Å². The second-order valence-corrected chi connectivity index (χ2v) is 7.80. The third kappa shape index (κ3) is 3.24. The molecule has 0 saturated carbocycles. The SMILES string of the molecule is CC(=O)N1CCC2(CC1)CN(Cc1ccc(C(=O)NO)cc1)c1ccccc12. The van der Waals surface area contributed by atoms with Gasteiger partial charge in [-0.2, -0.15) is 0 Å². The molecule has 0 unspecified atom stereocenters. The Labute approximate surface area is 164 Å². The van der Waals surface area contributed by atoms with Crippen LogP contribution in [0.5, 0.6) is 0 Å². The molecule has 6 nitrogen and oxygen atoms in total. The fourth-order valence-corrected chi connectivity index (χ4v) is 4.60. The number of piperidine rings is 1. The van der Waals surface area contributed by atoms with E-state index in [1.165, 1.54) is 11.3 Å². The first kappa shape index (κ1) is 18.5. The molecule has 2 aromatic rings. The summed E-state index contributed by atoms with van der Waals surface area (Å²) in [6.45, 7) is 4.96. The summed E-state index contributed by atoms with van der Waals surface area (Å²) in [4.78, 5) is 27.6. The van der Waals surface area contributed by atoms with Gasteiger partial charge in [-0.1, -0.05) is 30.3 Å². The number of hydroxylamine groups is 1. The molecule has 2 N–H and O–H groups in total. The van der Waals surface area contributed by atoms with E-state index in [1.54, 1.807) is 24.5 Å². The quantitative estimate of drug-likeness (QED) is 0.635. The van der Waals surface area contributed by atoms with Gasteiger partial charge in [-0.3, -0.25) is 14.8 Å². The Morgan fingerprint density at radius 3 is 2.39 bits per heavy atom.